The van der Waals surface area contributed by atoms with E-state index in [2.05, 4.69) is 41.5 Å². The van der Waals surface area contributed by atoms with Crippen molar-refractivity contribution >= 4 is 11.9 Å². The molecule has 0 saturated heterocycles. The molecule has 0 fully saturated rings. The Morgan fingerprint density at radius 1 is 0.588 bits per heavy atom. The Hall–Kier alpha value is -3.80. The first-order valence-corrected chi connectivity index (χ1v) is 11.0. The molecule has 0 aliphatic heterocycles. The van der Waals surface area contributed by atoms with E-state index in [4.69, 9.17) is 19.7 Å². The molecule has 0 radical (unpaired) electrons. The molecule has 0 unspecified atom stereocenters. The van der Waals surface area contributed by atoms with Crippen molar-refractivity contribution in [1.29, 1.82) is 0 Å². The van der Waals surface area contributed by atoms with Crippen LogP contribution in [-0.2, 0) is 10.8 Å². The van der Waals surface area contributed by atoms with E-state index in [-0.39, 0.29) is 22.0 Å². The van der Waals surface area contributed by atoms with Crippen LogP contribution in [0, 0.1) is 0 Å². The average Bonchev–Trinajstić information content (AvgIpc) is 2.73. The minimum Gasteiger partial charge on any atom is -0.478 e. The van der Waals surface area contributed by atoms with E-state index in [1.807, 2.05) is 12.1 Å². The molecule has 0 aromatic heterocycles. The van der Waals surface area contributed by atoms with Gasteiger partial charge in [0.2, 0.25) is 0 Å². The zero-order valence-electron chi connectivity index (χ0n) is 20.3. The van der Waals surface area contributed by atoms with Gasteiger partial charge in [-0.2, -0.15) is 0 Å². The fourth-order valence-electron chi connectivity index (χ4n) is 3.49. The normalized spacial score (nSPS) is 11.7. The summed E-state index contributed by atoms with van der Waals surface area (Å²) >= 11 is 0. The van der Waals surface area contributed by atoms with Crippen molar-refractivity contribution in [3.05, 3.63) is 82.9 Å². The van der Waals surface area contributed by atoms with Gasteiger partial charge in [-0.3, -0.25) is 0 Å². The zero-order chi connectivity index (χ0) is 25.3. The van der Waals surface area contributed by atoms with Crippen LogP contribution in [0.2, 0.25) is 0 Å². The molecular weight excluding hydrogens is 432 g/mol. The maximum absolute atomic E-state index is 11.2. The van der Waals surface area contributed by atoms with Crippen molar-refractivity contribution in [2.75, 3.05) is 0 Å². The standard InChI is InChI=1S/C28H30O6/c1-27(2,3)21-15-24(34-20-13-9-18(10-14-20)26(31)32)22(28(4,5)6)16-23(21)33-19-11-7-17(8-12-19)25(29)30/h7-16H,1-6H3,(H,29,30)(H,31,32). The van der Waals surface area contributed by atoms with Crippen molar-refractivity contribution in [3.8, 4) is 23.0 Å². The van der Waals surface area contributed by atoms with Crippen LogP contribution in [-0.4, -0.2) is 22.2 Å². The minimum absolute atomic E-state index is 0.191. The quantitative estimate of drug-likeness (QED) is 0.400. The van der Waals surface area contributed by atoms with Crippen molar-refractivity contribution in [1.82, 2.24) is 0 Å². The lowest BCUT2D eigenvalue weighted by atomic mass is 9.81. The predicted molar refractivity (Wildman–Crippen MR) is 131 cm³/mol. The molecule has 6 nitrogen and oxygen atoms in total. The van der Waals surface area contributed by atoms with Crippen LogP contribution in [0.4, 0.5) is 0 Å². The van der Waals surface area contributed by atoms with E-state index in [1.165, 1.54) is 24.3 Å². The SMILES string of the molecule is CC(C)(C)c1cc(Oc2ccc(C(=O)O)cc2)c(C(C)(C)C)cc1Oc1ccc(C(=O)O)cc1. The minimum atomic E-state index is -0.991. The molecule has 178 valence electrons. The van der Waals surface area contributed by atoms with Crippen LogP contribution in [0.1, 0.15) is 73.4 Å². The maximum Gasteiger partial charge on any atom is 0.335 e. The highest BCUT2D eigenvalue weighted by molar-refractivity contribution is 5.88. The molecule has 0 saturated carbocycles. The monoisotopic (exact) mass is 462 g/mol. The fraction of sp³-hybridized carbons (Fsp3) is 0.286. The molecule has 3 aromatic rings. The summed E-state index contributed by atoms with van der Waals surface area (Å²) in [6.07, 6.45) is 0. The molecule has 3 aromatic carbocycles. The van der Waals surface area contributed by atoms with Gasteiger partial charge in [0.1, 0.15) is 23.0 Å². The number of carboxylic acid groups (broad SMARTS) is 2. The van der Waals surface area contributed by atoms with Crippen LogP contribution in [0.3, 0.4) is 0 Å². The highest BCUT2D eigenvalue weighted by Crippen LogP contribution is 2.44. The van der Waals surface area contributed by atoms with Crippen LogP contribution in [0.15, 0.2) is 60.7 Å². The third-order valence-corrected chi connectivity index (χ3v) is 5.36. The van der Waals surface area contributed by atoms with Gasteiger partial charge in [0, 0.05) is 11.1 Å². The highest BCUT2D eigenvalue weighted by Gasteiger charge is 2.27. The van der Waals surface area contributed by atoms with E-state index in [9.17, 15) is 9.59 Å². The number of hydrogen-bond donors (Lipinski definition) is 2. The van der Waals surface area contributed by atoms with E-state index in [0.29, 0.717) is 23.0 Å². The van der Waals surface area contributed by atoms with Crippen LogP contribution >= 0.6 is 0 Å². The topological polar surface area (TPSA) is 93.1 Å². The van der Waals surface area contributed by atoms with E-state index >= 15 is 0 Å². The third kappa shape index (κ3) is 5.76. The van der Waals surface area contributed by atoms with Gasteiger partial charge in [-0.05, 0) is 71.5 Å². The molecule has 3 rings (SSSR count). The van der Waals surface area contributed by atoms with Gasteiger partial charge in [0.05, 0.1) is 11.1 Å². The largest absolute Gasteiger partial charge is 0.478 e. The Labute approximate surface area is 199 Å². The zero-order valence-corrected chi connectivity index (χ0v) is 20.3. The van der Waals surface area contributed by atoms with Gasteiger partial charge in [0.15, 0.2) is 0 Å². The summed E-state index contributed by atoms with van der Waals surface area (Å²) in [6.45, 7) is 12.4. The molecule has 34 heavy (non-hydrogen) atoms. The molecule has 2 N–H and O–H groups in total. The van der Waals surface area contributed by atoms with Gasteiger partial charge in [-0.1, -0.05) is 41.5 Å². The lowest BCUT2D eigenvalue weighted by Gasteiger charge is -2.29. The highest BCUT2D eigenvalue weighted by atomic mass is 16.5. The third-order valence-electron chi connectivity index (χ3n) is 5.36. The summed E-state index contributed by atoms with van der Waals surface area (Å²) < 4.78 is 12.5. The van der Waals surface area contributed by atoms with Gasteiger partial charge < -0.3 is 19.7 Å². The number of carbonyl (C=O) groups is 2. The van der Waals surface area contributed by atoms with Crippen LogP contribution < -0.4 is 9.47 Å². The van der Waals surface area contributed by atoms with Crippen molar-refractivity contribution < 1.29 is 29.3 Å². The van der Waals surface area contributed by atoms with Gasteiger partial charge in [-0.15, -0.1) is 0 Å². The Bertz CT molecular complexity index is 1100. The number of ether oxygens (including phenoxy) is 2. The molecule has 0 spiro atoms. The first-order valence-electron chi connectivity index (χ1n) is 11.0. The second-order valence-electron chi connectivity index (χ2n) is 10.2. The second kappa shape index (κ2) is 9.21. The summed E-state index contributed by atoms with van der Waals surface area (Å²) in [5, 5.41) is 18.3. The summed E-state index contributed by atoms with van der Waals surface area (Å²) in [7, 11) is 0. The van der Waals surface area contributed by atoms with Crippen LogP contribution in [0.25, 0.3) is 0 Å². The smallest absolute Gasteiger partial charge is 0.335 e. The Morgan fingerprint density at radius 2 is 0.882 bits per heavy atom. The van der Waals surface area contributed by atoms with Crippen molar-refractivity contribution in [2.24, 2.45) is 0 Å². The number of hydrogen-bond acceptors (Lipinski definition) is 4. The molecule has 0 atom stereocenters. The van der Waals surface area contributed by atoms with Crippen molar-refractivity contribution in [3.63, 3.8) is 0 Å². The van der Waals surface area contributed by atoms with Gasteiger partial charge in [0.25, 0.3) is 0 Å². The maximum atomic E-state index is 11.2. The molecule has 6 heteroatoms. The molecule has 0 bridgehead atoms. The Kier molecular flexibility index (Phi) is 6.73. The second-order valence-corrected chi connectivity index (χ2v) is 10.2. The predicted octanol–water partition coefficient (Wildman–Crippen LogP) is 7.26. The van der Waals surface area contributed by atoms with Crippen LogP contribution in [0.5, 0.6) is 23.0 Å². The molecular formula is C28H30O6. The average molecular weight is 463 g/mol. The first-order chi connectivity index (χ1) is 15.8. The first kappa shape index (κ1) is 24.8. The van der Waals surface area contributed by atoms with Gasteiger partial charge in [-0.25, -0.2) is 9.59 Å². The molecule has 0 aliphatic rings. The lowest BCUT2D eigenvalue weighted by molar-refractivity contribution is 0.0686. The summed E-state index contributed by atoms with van der Waals surface area (Å²) in [5.74, 6) is 0.411. The Morgan fingerprint density at radius 3 is 1.12 bits per heavy atom. The molecule has 0 aliphatic carbocycles. The number of aromatic carboxylic acids is 2. The number of rotatable bonds is 6. The Balaban J connectivity index is 2.08. The van der Waals surface area contributed by atoms with E-state index in [1.54, 1.807) is 24.3 Å². The van der Waals surface area contributed by atoms with E-state index in [0.717, 1.165) is 11.1 Å². The molecule has 0 heterocycles. The number of benzene rings is 3. The number of carboxylic acids is 2. The molecule has 0 amide bonds. The fourth-order valence-corrected chi connectivity index (χ4v) is 3.49. The summed E-state index contributed by atoms with van der Waals surface area (Å²) in [5.41, 5.74) is 1.66. The van der Waals surface area contributed by atoms with E-state index < -0.39 is 11.9 Å². The van der Waals surface area contributed by atoms with Gasteiger partial charge >= 0.3 is 11.9 Å². The summed E-state index contributed by atoms with van der Waals surface area (Å²) in [4.78, 5) is 22.3. The lowest BCUT2D eigenvalue weighted by Crippen LogP contribution is -2.17. The summed E-state index contributed by atoms with van der Waals surface area (Å²) in [6, 6.07) is 16.5. The van der Waals surface area contributed by atoms with Crippen molar-refractivity contribution in [2.45, 2.75) is 52.4 Å².